The van der Waals surface area contributed by atoms with Gasteiger partial charge in [-0.3, -0.25) is 0 Å². The van der Waals surface area contributed by atoms with E-state index in [4.69, 9.17) is 0 Å². The Balaban J connectivity index is 1.87. The fraction of sp³-hybridized carbons (Fsp3) is 1.00. The normalized spacial score (nSPS) is 32.6. The Kier molecular flexibility index (Phi) is 4.79. The van der Waals surface area contributed by atoms with Gasteiger partial charge in [0.2, 0.25) is 0 Å². The van der Waals surface area contributed by atoms with Crippen molar-refractivity contribution in [3.63, 3.8) is 0 Å². The van der Waals surface area contributed by atoms with Gasteiger partial charge in [0, 0.05) is 19.1 Å². The first-order valence-corrected chi connectivity index (χ1v) is 8.24. The van der Waals surface area contributed by atoms with Crippen molar-refractivity contribution in [1.29, 1.82) is 0 Å². The van der Waals surface area contributed by atoms with E-state index in [9.17, 15) is 0 Å². The van der Waals surface area contributed by atoms with Gasteiger partial charge in [-0.05, 0) is 48.8 Å². The molecule has 3 heteroatoms. The highest BCUT2D eigenvalue weighted by atomic mass is 32.2. The van der Waals surface area contributed by atoms with Gasteiger partial charge in [-0.1, -0.05) is 20.8 Å². The zero-order valence-electron chi connectivity index (χ0n) is 11.7. The van der Waals surface area contributed by atoms with Crippen molar-refractivity contribution in [3.8, 4) is 0 Å². The van der Waals surface area contributed by atoms with Gasteiger partial charge in [-0.25, -0.2) is 0 Å². The molecule has 0 bridgehead atoms. The molecule has 2 saturated heterocycles. The van der Waals surface area contributed by atoms with Gasteiger partial charge in [0.15, 0.2) is 0 Å². The van der Waals surface area contributed by atoms with Crippen LogP contribution in [-0.4, -0.2) is 48.6 Å². The van der Waals surface area contributed by atoms with E-state index >= 15 is 0 Å². The molecular formula is C14H28N2S. The lowest BCUT2D eigenvalue weighted by Gasteiger charge is -2.34. The second-order valence-electron chi connectivity index (χ2n) is 6.72. The van der Waals surface area contributed by atoms with Crippen molar-refractivity contribution >= 4 is 11.8 Å². The summed E-state index contributed by atoms with van der Waals surface area (Å²) < 4.78 is 0. The summed E-state index contributed by atoms with van der Waals surface area (Å²) in [7, 11) is 0. The molecule has 2 heterocycles. The van der Waals surface area contributed by atoms with Gasteiger partial charge in [-0.2, -0.15) is 11.8 Å². The van der Waals surface area contributed by atoms with E-state index < -0.39 is 0 Å². The number of nitrogens with one attached hydrogen (secondary N) is 1. The number of hydrogen-bond donors (Lipinski definition) is 1. The van der Waals surface area contributed by atoms with Crippen LogP contribution < -0.4 is 5.32 Å². The third-order valence-electron chi connectivity index (χ3n) is 4.07. The predicted molar refractivity (Wildman–Crippen MR) is 77.7 cm³/mol. The zero-order valence-corrected chi connectivity index (χ0v) is 12.5. The van der Waals surface area contributed by atoms with Crippen molar-refractivity contribution in [2.75, 3.05) is 37.7 Å². The third-order valence-corrected chi connectivity index (χ3v) is 5.30. The van der Waals surface area contributed by atoms with Crippen LogP contribution in [0.3, 0.4) is 0 Å². The Bertz CT molecular complexity index is 231. The molecule has 2 nitrogen and oxygen atoms in total. The Labute approximate surface area is 111 Å². The molecule has 2 atom stereocenters. The molecule has 0 radical (unpaired) electrons. The molecule has 0 spiro atoms. The lowest BCUT2D eigenvalue weighted by atomic mass is 9.86. The van der Waals surface area contributed by atoms with Crippen LogP contribution in [0, 0.1) is 11.3 Å². The molecule has 2 aliphatic rings. The molecule has 0 aliphatic carbocycles. The van der Waals surface area contributed by atoms with Gasteiger partial charge >= 0.3 is 0 Å². The number of nitrogens with zero attached hydrogens (tertiary/aromatic N) is 1. The molecule has 0 amide bonds. The minimum atomic E-state index is 0.382. The summed E-state index contributed by atoms with van der Waals surface area (Å²) in [5.74, 6) is 3.74. The Morgan fingerprint density at radius 2 is 2.18 bits per heavy atom. The van der Waals surface area contributed by atoms with E-state index in [0.717, 1.165) is 5.92 Å². The highest BCUT2D eigenvalue weighted by Gasteiger charge is 2.29. The highest BCUT2D eigenvalue weighted by molar-refractivity contribution is 7.99. The van der Waals surface area contributed by atoms with E-state index in [1.807, 2.05) is 0 Å². The number of thioether (sulfide) groups is 1. The number of rotatable bonds is 2. The molecule has 2 unspecified atom stereocenters. The first-order chi connectivity index (χ1) is 8.05. The predicted octanol–water partition coefficient (Wildman–Crippen LogP) is 2.45. The summed E-state index contributed by atoms with van der Waals surface area (Å²) in [6, 6.07) is 0.652. The average molecular weight is 256 g/mol. The van der Waals surface area contributed by atoms with Crippen LogP contribution >= 0.6 is 11.8 Å². The van der Waals surface area contributed by atoms with Gasteiger partial charge in [0.25, 0.3) is 0 Å². The fourth-order valence-electron chi connectivity index (χ4n) is 2.83. The molecule has 2 rings (SSSR count). The lowest BCUT2D eigenvalue weighted by Crippen LogP contribution is -2.47. The average Bonchev–Trinajstić information content (AvgIpc) is 2.61. The fourth-order valence-corrected chi connectivity index (χ4v) is 4.10. The Morgan fingerprint density at radius 3 is 2.82 bits per heavy atom. The Hall–Kier alpha value is 0.270. The van der Waals surface area contributed by atoms with Crippen molar-refractivity contribution in [3.05, 3.63) is 0 Å². The van der Waals surface area contributed by atoms with E-state index in [0.29, 0.717) is 11.5 Å². The molecule has 17 heavy (non-hydrogen) atoms. The van der Waals surface area contributed by atoms with Crippen molar-refractivity contribution in [1.82, 2.24) is 10.2 Å². The topological polar surface area (TPSA) is 15.3 Å². The van der Waals surface area contributed by atoms with E-state index in [-0.39, 0.29) is 0 Å². The molecule has 0 aromatic carbocycles. The molecule has 1 N–H and O–H groups in total. The first kappa shape index (κ1) is 13.7. The molecule has 0 aromatic heterocycles. The smallest absolute Gasteiger partial charge is 0.0243 e. The molecule has 100 valence electrons. The molecule has 0 saturated carbocycles. The third kappa shape index (κ3) is 4.15. The van der Waals surface area contributed by atoms with Crippen molar-refractivity contribution in [2.24, 2.45) is 11.3 Å². The zero-order chi connectivity index (χ0) is 12.3. The van der Waals surface area contributed by atoms with Crippen molar-refractivity contribution < 1.29 is 0 Å². The SMILES string of the molecule is CC(C)(C)C1CN(CC2CCSC2)CCCN1. The van der Waals surface area contributed by atoms with Crippen LogP contribution in [0.4, 0.5) is 0 Å². The minimum absolute atomic E-state index is 0.382. The molecular weight excluding hydrogens is 228 g/mol. The maximum atomic E-state index is 3.73. The second kappa shape index (κ2) is 5.94. The summed E-state index contributed by atoms with van der Waals surface area (Å²) >= 11 is 2.14. The quantitative estimate of drug-likeness (QED) is 0.817. The number of hydrogen-bond acceptors (Lipinski definition) is 3. The standard InChI is InChI=1S/C14H28N2S/c1-14(2,3)13-10-16(7-4-6-15-13)9-12-5-8-17-11-12/h12-13,15H,4-11H2,1-3H3. The monoisotopic (exact) mass is 256 g/mol. The van der Waals surface area contributed by atoms with Crippen LogP contribution in [0.2, 0.25) is 0 Å². The summed E-state index contributed by atoms with van der Waals surface area (Å²) in [5.41, 5.74) is 0.382. The molecule has 2 fully saturated rings. The van der Waals surface area contributed by atoms with Crippen LogP contribution in [0.25, 0.3) is 0 Å². The maximum Gasteiger partial charge on any atom is 0.0243 e. The van der Waals surface area contributed by atoms with Crippen LogP contribution in [0.5, 0.6) is 0 Å². The maximum absolute atomic E-state index is 3.73. The summed E-state index contributed by atoms with van der Waals surface area (Å²) in [6.07, 6.45) is 2.75. The van der Waals surface area contributed by atoms with E-state index in [1.54, 1.807) is 0 Å². The second-order valence-corrected chi connectivity index (χ2v) is 7.87. The van der Waals surface area contributed by atoms with E-state index in [2.05, 4.69) is 42.7 Å². The van der Waals surface area contributed by atoms with Crippen molar-refractivity contribution in [2.45, 2.75) is 39.7 Å². The summed E-state index contributed by atoms with van der Waals surface area (Å²) in [4.78, 5) is 2.71. The summed E-state index contributed by atoms with van der Waals surface area (Å²) in [6.45, 7) is 12.1. The van der Waals surface area contributed by atoms with Gasteiger partial charge in [0.05, 0.1) is 0 Å². The van der Waals surface area contributed by atoms with Crippen LogP contribution in [0.1, 0.15) is 33.6 Å². The molecule has 0 aromatic rings. The van der Waals surface area contributed by atoms with Gasteiger partial charge in [-0.15, -0.1) is 0 Å². The largest absolute Gasteiger partial charge is 0.312 e. The first-order valence-electron chi connectivity index (χ1n) is 7.09. The van der Waals surface area contributed by atoms with E-state index in [1.165, 1.54) is 50.5 Å². The van der Waals surface area contributed by atoms with Crippen LogP contribution in [0.15, 0.2) is 0 Å². The Morgan fingerprint density at radius 1 is 1.35 bits per heavy atom. The van der Waals surface area contributed by atoms with Gasteiger partial charge < -0.3 is 10.2 Å². The van der Waals surface area contributed by atoms with Crippen LogP contribution in [-0.2, 0) is 0 Å². The lowest BCUT2D eigenvalue weighted by molar-refractivity contribution is 0.182. The summed E-state index contributed by atoms with van der Waals surface area (Å²) in [5, 5.41) is 3.73. The highest BCUT2D eigenvalue weighted by Crippen LogP contribution is 2.26. The van der Waals surface area contributed by atoms with Gasteiger partial charge in [0.1, 0.15) is 0 Å². The minimum Gasteiger partial charge on any atom is -0.312 e. The molecule has 2 aliphatic heterocycles.